The first-order chi connectivity index (χ1) is 12.9. The predicted molar refractivity (Wildman–Crippen MR) is 101 cm³/mol. The maximum atomic E-state index is 12.3. The van der Waals surface area contributed by atoms with Crippen LogP contribution in [0.2, 0.25) is 0 Å². The topological polar surface area (TPSA) is 9.23 Å². The van der Waals surface area contributed by atoms with Crippen LogP contribution in [0.5, 0.6) is 5.75 Å². The van der Waals surface area contributed by atoms with E-state index >= 15 is 0 Å². The van der Waals surface area contributed by atoms with Crippen molar-refractivity contribution in [2.24, 2.45) is 0 Å². The van der Waals surface area contributed by atoms with Crippen LogP contribution in [0.1, 0.15) is 23.6 Å². The third kappa shape index (κ3) is 3.70. The molecule has 1 aliphatic rings. The lowest BCUT2D eigenvalue weighted by Gasteiger charge is -2.21. The predicted octanol–water partition coefficient (Wildman–Crippen LogP) is 6.58. The van der Waals surface area contributed by atoms with Crippen molar-refractivity contribution in [3.63, 3.8) is 0 Å². The molecular weight excluding hydrogens is 349 g/mol. The van der Waals surface area contributed by atoms with Crippen LogP contribution >= 0.6 is 0 Å². The third-order valence-electron chi connectivity index (χ3n) is 5.06. The van der Waals surface area contributed by atoms with Gasteiger partial charge >= 0.3 is 6.36 Å². The molecule has 1 nitrogen and oxygen atoms in total. The first-order valence-corrected chi connectivity index (χ1v) is 9.04. The molecule has 0 radical (unpaired) electrons. The van der Waals surface area contributed by atoms with E-state index in [0.717, 1.165) is 30.4 Å². The highest BCUT2D eigenvalue weighted by Gasteiger charge is 2.31. The molecule has 1 aliphatic carbocycles. The molecule has 0 N–H and O–H groups in total. The summed E-state index contributed by atoms with van der Waals surface area (Å²) in [5.74, 6) is -0.204. The van der Waals surface area contributed by atoms with Crippen molar-refractivity contribution >= 4 is 0 Å². The SMILES string of the molecule is CCc1ccc2c(c1)CCc1cc(-c3ccc(OC(F)(F)F)cc3)ccc1-2. The molecular formula is C23H19F3O. The lowest BCUT2D eigenvalue weighted by molar-refractivity contribution is -0.274. The van der Waals surface area contributed by atoms with Crippen LogP contribution in [-0.4, -0.2) is 6.36 Å². The minimum absolute atomic E-state index is 0.204. The van der Waals surface area contributed by atoms with Gasteiger partial charge in [0, 0.05) is 0 Å². The molecule has 0 saturated carbocycles. The van der Waals surface area contributed by atoms with E-state index in [4.69, 9.17) is 0 Å². The van der Waals surface area contributed by atoms with Gasteiger partial charge in [-0.1, -0.05) is 55.5 Å². The fourth-order valence-electron chi connectivity index (χ4n) is 3.70. The van der Waals surface area contributed by atoms with E-state index in [1.54, 1.807) is 12.1 Å². The summed E-state index contributed by atoms with van der Waals surface area (Å²) in [6, 6.07) is 19.0. The Hall–Kier alpha value is -2.75. The van der Waals surface area contributed by atoms with Crippen LogP contribution < -0.4 is 4.74 Å². The van der Waals surface area contributed by atoms with Gasteiger partial charge in [0.25, 0.3) is 0 Å². The highest BCUT2D eigenvalue weighted by atomic mass is 19.4. The average Bonchev–Trinajstić information content (AvgIpc) is 2.66. The van der Waals surface area contributed by atoms with Crippen molar-refractivity contribution in [1.82, 2.24) is 0 Å². The molecule has 0 spiro atoms. The van der Waals surface area contributed by atoms with Gasteiger partial charge in [-0.25, -0.2) is 0 Å². The molecule has 3 aromatic carbocycles. The van der Waals surface area contributed by atoms with Crippen molar-refractivity contribution in [3.05, 3.63) is 77.4 Å². The van der Waals surface area contributed by atoms with Crippen LogP contribution in [0.25, 0.3) is 22.3 Å². The molecule has 0 saturated heterocycles. The molecule has 0 atom stereocenters. The summed E-state index contributed by atoms with van der Waals surface area (Å²) in [6.07, 6.45) is -1.65. The largest absolute Gasteiger partial charge is 0.573 e. The normalized spacial score (nSPS) is 13.0. The summed E-state index contributed by atoms with van der Waals surface area (Å²) in [6.45, 7) is 2.16. The van der Waals surface area contributed by atoms with E-state index in [9.17, 15) is 13.2 Å². The van der Waals surface area contributed by atoms with Gasteiger partial charge in [0.05, 0.1) is 0 Å². The first-order valence-electron chi connectivity index (χ1n) is 9.04. The Morgan fingerprint density at radius 1 is 0.778 bits per heavy atom. The number of benzene rings is 3. The molecule has 0 aliphatic heterocycles. The molecule has 0 amide bonds. The number of hydrogen-bond acceptors (Lipinski definition) is 1. The number of alkyl halides is 3. The zero-order valence-corrected chi connectivity index (χ0v) is 14.9. The second kappa shape index (κ2) is 6.76. The van der Waals surface area contributed by atoms with Gasteiger partial charge in [0.1, 0.15) is 5.75 Å². The summed E-state index contributed by atoms with van der Waals surface area (Å²) in [5, 5.41) is 0. The van der Waals surface area contributed by atoms with E-state index in [1.807, 2.05) is 6.07 Å². The summed E-state index contributed by atoms with van der Waals surface area (Å²) < 4.78 is 40.8. The van der Waals surface area contributed by atoms with Crippen LogP contribution in [0.15, 0.2) is 60.7 Å². The molecule has 0 bridgehead atoms. The number of fused-ring (bicyclic) bond motifs is 3. The Balaban J connectivity index is 1.64. The first kappa shape index (κ1) is 17.7. The number of ether oxygens (including phenoxy) is 1. The van der Waals surface area contributed by atoms with E-state index in [1.165, 1.54) is 39.9 Å². The lowest BCUT2D eigenvalue weighted by Crippen LogP contribution is -2.16. The maximum absolute atomic E-state index is 12.3. The lowest BCUT2D eigenvalue weighted by atomic mass is 9.83. The monoisotopic (exact) mass is 368 g/mol. The van der Waals surface area contributed by atoms with Crippen LogP contribution in [0.4, 0.5) is 13.2 Å². The Morgan fingerprint density at radius 3 is 2.00 bits per heavy atom. The van der Waals surface area contributed by atoms with Gasteiger partial charge in [-0.2, -0.15) is 0 Å². The number of aryl methyl sites for hydroxylation is 3. The van der Waals surface area contributed by atoms with Gasteiger partial charge in [-0.05, 0) is 70.3 Å². The molecule has 4 rings (SSSR count). The second-order valence-electron chi connectivity index (χ2n) is 6.79. The molecule has 4 heteroatoms. The van der Waals surface area contributed by atoms with Crippen molar-refractivity contribution in [2.45, 2.75) is 32.5 Å². The molecule has 138 valence electrons. The molecule has 0 aromatic heterocycles. The van der Waals surface area contributed by atoms with E-state index in [-0.39, 0.29) is 5.75 Å². The number of halogens is 3. The van der Waals surface area contributed by atoms with Gasteiger partial charge in [0.15, 0.2) is 0 Å². The van der Waals surface area contributed by atoms with Crippen molar-refractivity contribution < 1.29 is 17.9 Å². The van der Waals surface area contributed by atoms with Crippen molar-refractivity contribution in [3.8, 4) is 28.0 Å². The molecule has 0 fully saturated rings. The highest BCUT2D eigenvalue weighted by molar-refractivity contribution is 5.77. The highest BCUT2D eigenvalue weighted by Crippen LogP contribution is 2.37. The van der Waals surface area contributed by atoms with Crippen LogP contribution in [-0.2, 0) is 19.3 Å². The molecule has 27 heavy (non-hydrogen) atoms. The summed E-state index contributed by atoms with van der Waals surface area (Å²) in [4.78, 5) is 0. The van der Waals surface area contributed by atoms with Crippen molar-refractivity contribution in [2.75, 3.05) is 0 Å². The zero-order chi connectivity index (χ0) is 19.0. The fourth-order valence-corrected chi connectivity index (χ4v) is 3.70. The molecule has 0 unspecified atom stereocenters. The Bertz CT molecular complexity index is 972. The Morgan fingerprint density at radius 2 is 1.37 bits per heavy atom. The number of hydrogen-bond donors (Lipinski definition) is 0. The third-order valence-corrected chi connectivity index (χ3v) is 5.06. The fraction of sp³-hybridized carbons (Fsp3) is 0.217. The number of rotatable bonds is 3. The minimum atomic E-state index is -4.67. The maximum Gasteiger partial charge on any atom is 0.573 e. The van der Waals surface area contributed by atoms with E-state index in [0.29, 0.717) is 0 Å². The van der Waals surface area contributed by atoms with Gasteiger partial charge in [0.2, 0.25) is 0 Å². The minimum Gasteiger partial charge on any atom is -0.406 e. The van der Waals surface area contributed by atoms with Crippen molar-refractivity contribution in [1.29, 1.82) is 0 Å². The van der Waals surface area contributed by atoms with Gasteiger partial charge < -0.3 is 4.74 Å². The zero-order valence-electron chi connectivity index (χ0n) is 14.9. The Labute approximate surface area is 156 Å². The van der Waals surface area contributed by atoms with E-state index in [2.05, 4.69) is 42.0 Å². The van der Waals surface area contributed by atoms with Gasteiger partial charge in [-0.15, -0.1) is 13.2 Å². The van der Waals surface area contributed by atoms with Crippen LogP contribution in [0.3, 0.4) is 0 Å². The molecule has 3 aromatic rings. The summed E-state index contributed by atoms with van der Waals surface area (Å²) >= 11 is 0. The average molecular weight is 368 g/mol. The Kier molecular flexibility index (Phi) is 4.42. The smallest absolute Gasteiger partial charge is 0.406 e. The standard InChI is InChI=1S/C23H19F3O/c1-2-15-3-11-21-18(13-15)4-5-19-14-17(8-12-22(19)21)16-6-9-20(10-7-16)27-23(24,25)26/h3,6-14H,2,4-5H2,1H3. The summed E-state index contributed by atoms with van der Waals surface area (Å²) in [5.41, 5.74) is 8.44. The van der Waals surface area contributed by atoms with Crippen LogP contribution in [0, 0.1) is 0 Å². The second-order valence-corrected chi connectivity index (χ2v) is 6.79. The quantitative estimate of drug-likeness (QED) is 0.507. The van der Waals surface area contributed by atoms with Gasteiger partial charge in [-0.3, -0.25) is 0 Å². The van der Waals surface area contributed by atoms with E-state index < -0.39 is 6.36 Å². The summed E-state index contributed by atoms with van der Waals surface area (Å²) in [7, 11) is 0. The molecule has 0 heterocycles.